The summed E-state index contributed by atoms with van der Waals surface area (Å²) in [7, 11) is 0. The molecule has 0 aromatic heterocycles. The van der Waals surface area contributed by atoms with Crippen molar-refractivity contribution in [2.75, 3.05) is 11.9 Å². The molecule has 0 aliphatic carbocycles. The molecule has 6 nitrogen and oxygen atoms in total. The van der Waals surface area contributed by atoms with Gasteiger partial charge in [-0.3, -0.25) is 4.79 Å². The molecule has 2 rings (SSSR count). The highest BCUT2D eigenvalue weighted by Gasteiger charge is 2.21. The molecular weight excluding hydrogens is 356 g/mol. The summed E-state index contributed by atoms with van der Waals surface area (Å²) in [5.74, 6) is -1.28. The van der Waals surface area contributed by atoms with E-state index < -0.39 is 18.5 Å². The van der Waals surface area contributed by atoms with Gasteiger partial charge in [0.1, 0.15) is 17.4 Å². The lowest BCUT2D eigenvalue weighted by molar-refractivity contribution is -0.119. The van der Waals surface area contributed by atoms with Gasteiger partial charge < -0.3 is 15.2 Å². The molecule has 0 heterocycles. The van der Waals surface area contributed by atoms with Crippen LogP contribution in [0.25, 0.3) is 0 Å². The highest BCUT2D eigenvalue weighted by atomic mass is 16.5. The second kappa shape index (κ2) is 9.05. The number of rotatable bonds is 6. The van der Waals surface area contributed by atoms with Crippen molar-refractivity contribution < 1.29 is 19.4 Å². The van der Waals surface area contributed by atoms with E-state index in [-0.39, 0.29) is 23.1 Å². The molecule has 2 N–H and O–H groups in total. The first-order valence-electron chi connectivity index (χ1n) is 9.07. The average molecular weight is 380 g/mol. The minimum atomic E-state index is -0.773. The normalized spacial score (nSPS) is 10.6. The van der Waals surface area contributed by atoms with Crippen LogP contribution in [-0.4, -0.2) is 23.6 Å². The van der Waals surface area contributed by atoms with Crippen molar-refractivity contribution in [3.05, 3.63) is 58.7 Å². The van der Waals surface area contributed by atoms with Gasteiger partial charge in [0, 0.05) is 0 Å². The SMILES string of the molecule is CC(C)c1cc(C(=O)OCC(=O)Nc2ccccc2C#N)c(O)c(C(C)C)c1. The lowest BCUT2D eigenvalue weighted by atomic mass is 9.92. The molecule has 0 atom stereocenters. The first kappa shape index (κ1) is 21.0. The zero-order valence-electron chi connectivity index (χ0n) is 16.4. The summed E-state index contributed by atoms with van der Waals surface area (Å²) in [4.78, 5) is 24.6. The molecule has 2 aromatic carbocycles. The van der Waals surface area contributed by atoms with Gasteiger partial charge >= 0.3 is 5.97 Å². The van der Waals surface area contributed by atoms with Crippen LogP contribution in [0.3, 0.4) is 0 Å². The number of benzene rings is 2. The third-order valence-corrected chi connectivity index (χ3v) is 4.33. The largest absolute Gasteiger partial charge is 0.507 e. The van der Waals surface area contributed by atoms with E-state index in [1.165, 1.54) is 0 Å². The lowest BCUT2D eigenvalue weighted by Crippen LogP contribution is -2.21. The number of para-hydroxylation sites is 1. The van der Waals surface area contributed by atoms with Crippen molar-refractivity contribution in [3.63, 3.8) is 0 Å². The van der Waals surface area contributed by atoms with Gasteiger partial charge in [-0.25, -0.2) is 4.79 Å². The van der Waals surface area contributed by atoms with E-state index in [2.05, 4.69) is 5.32 Å². The minimum Gasteiger partial charge on any atom is -0.507 e. The first-order chi connectivity index (χ1) is 13.2. The Kier molecular flexibility index (Phi) is 6.78. The zero-order valence-corrected chi connectivity index (χ0v) is 16.4. The average Bonchev–Trinajstić information content (AvgIpc) is 2.66. The molecule has 2 aromatic rings. The topological polar surface area (TPSA) is 99.4 Å². The molecule has 0 spiro atoms. The molecule has 0 fully saturated rings. The van der Waals surface area contributed by atoms with Gasteiger partial charge in [0.2, 0.25) is 0 Å². The number of nitrogens with one attached hydrogen (secondary N) is 1. The van der Waals surface area contributed by atoms with Crippen LogP contribution in [0.5, 0.6) is 5.75 Å². The summed E-state index contributed by atoms with van der Waals surface area (Å²) in [6.07, 6.45) is 0. The fraction of sp³-hybridized carbons (Fsp3) is 0.318. The summed E-state index contributed by atoms with van der Waals surface area (Å²) in [6.45, 7) is 7.31. The molecule has 0 saturated carbocycles. The summed E-state index contributed by atoms with van der Waals surface area (Å²) in [5, 5.41) is 22.1. The third-order valence-electron chi connectivity index (χ3n) is 4.33. The maximum atomic E-state index is 12.5. The van der Waals surface area contributed by atoms with Gasteiger partial charge in [-0.2, -0.15) is 5.26 Å². The number of hydrogen-bond donors (Lipinski definition) is 2. The Morgan fingerprint density at radius 3 is 2.43 bits per heavy atom. The molecule has 0 aliphatic heterocycles. The molecule has 6 heteroatoms. The van der Waals surface area contributed by atoms with Crippen LogP contribution in [0, 0.1) is 11.3 Å². The molecule has 146 valence electrons. The zero-order chi connectivity index (χ0) is 20.8. The number of phenols is 1. The van der Waals surface area contributed by atoms with Crippen molar-refractivity contribution in [3.8, 4) is 11.8 Å². The fourth-order valence-electron chi connectivity index (χ4n) is 2.69. The molecule has 0 radical (unpaired) electrons. The number of phenolic OH excluding ortho intramolecular Hbond substituents is 1. The predicted octanol–water partition coefficient (Wildman–Crippen LogP) is 4.31. The summed E-state index contributed by atoms with van der Waals surface area (Å²) in [5.41, 5.74) is 2.26. The Labute approximate surface area is 164 Å². The fourth-order valence-corrected chi connectivity index (χ4v) is 2.69. The van der Waals surface area contributed by atoms with E-state index >= 15 is 0 Å². The Morgan fingerprint density at radius 1 is 1.14 bits per heavy atom. The number of nitrogens with zero attached hydrogens (tertiary/aromatic N) is 1. The van der Waals surface area contributed by atoms with Crippen LogP contribution in [0.2, 0.25) is 0 Å². The molecule has 28 heavy (non-hydrogen) atoms. The minimum absolute atomic E-state index is 0.0241. The van der Waals surface area contributed by atoms with Gasteiger partial charge in [0.15, 0.2) is 6.61 Å². The van der Waals surface area contributed by atoms with E-state index in [4.69, 9.17) is 10.00 Å². The number of carbonyl (C=O) groups excluding carboxylic acids is 2. The van der Waals surface area contributed by atoms with Crippen LogP contribution in [-0.2, 0) is 9.53 Å². The van der Waals surface area contributed by atoms with E-state index in [1.54, 1.807) is 30.3 Å². The van der Waals surface area contributed by atoms with Gasteiger partial charge in [-0.1, -0.05) is 45.9 Å². The quantitative estimate of drug-likeness (QED) is 0.728. The van der Waals surface area contributed by atoms with Gasteiger partial charge in [-0.15, -0.1) is 0 Å². The number of carbonyl (C=O) groups is 2. The highest BCUT2D eigenvalue weighted by molar-refractivity contribution is 5.97. The molecule has 0 aliphatic rings. The van der Waals surface area contributed by atoms with E-state index in [1.807, 2.05) is 39.8 Å². The second-order valence-electron chi connectivity index (χ2n) is 7.10. The Morgan fingerprint density at radius 2 is 1.82 bits per heavy atom. The van der Waals surface area contributed by atoms with E-state index in [0.29, 0.717) is 16.8 Å². The second-order valence-corrected chi connectivity index (χ2v) is 7.10. The summed E-state index contributed by atoms with van der Waals surface area (Å²) < 4.78 is 5.09. The van der Waals surface area contributed by atoms with Crippen molar-refractivity contribution in [2.24, 2.45) is 0 Å². The number of hydrogen-bond acceptors (Lipinski definition) is 5. The maximum Gasteiger partial charge on any atom is 0.342 e. The monoisotopic (exact) mass is 380 g/mol. The lowest BCUT2D eigenvalue weighted by Gasteiger charge is -2.16. The molecular formula is C22H24N2O4. The van der Waals surface area contributed by atoms with Crippen LogP contribution >= 0.6 is 0 Å². The summed E-state index contributed by atoms with van der Waals surface area (Å²) in [6, 6.07) is 12.0. The van der Waals surface area contributed by atoms with Crippen molar-refractivity contribution >= 4 is 17.6 Å². The molecule has 0 unspecified atom stereocenters. The van der Waals surface area contributed by atoms with Crippen LogP contribution in [0.1, 0.15) is 66.6 Å². The highest BCUT2D eigenvalue weighted by Crippen LogP contribution is 2.33. The van der Waals surface area contributed by atoms with Crippen molar-refractivity contribution in [1.82, 2.24) is 0 Å². The number of anilines is 1. The first-order valence-corrected chi connectivity index (χ1v) is 9.07. The standard InChI is InChI=1S/C22H24N2O4/c1-13(2)16-9-17(14(3)4)21(26)18(10-16)22(27)28-12-20(25)24-19-8-6-5-7-15(19)11-23/h5-10,13-14,26H,12H2,1-4H3,(H,24,25). The number of ether oxygens (including phenoxy) is 1. The maximum absolute atomic E-state index is 12.5. The van der Waals surface area contributed by atoms with Gasteiger partial charge in [0.25, 0.3) is 5.91 Å². The molecule has 0 bridgehead atoms. The number of amides is 1. The Bertz CT molecular complexity index is 927. The molecule has 0 saturated heterocycles. The number of aromatic hydroxyl groups is 1. The van der Waals surface area contributed by atoms with Crippen LogP contribution in [0.4, 0.5) is 5.69 Å². The summed E-state index contributed by atoms with van der Waals surface area (Å²) >= 11 is 0. The number of esters is 1. The molecule has 1 amide bonds. The van der Waals surface area contributed by atoms with Crippen molar-refractivity contribution in [1.29, 1.82) is 5.26 Å². The third kappa shape index (κ3) is 4.89. The Balaban J connectivity index is 2.14. The van der Waals surface area contributed by atoms with Gasteiger partial charge in [0.05, 0.1) is 11.3 Å². The van der Waals surface area contributed by atoms with Crippen LogP contribution in [0.15, 0.2) is 36.4 Å². The predicted molar refractivity (Wildman–Crippen MR) is 106 cm³/mol. The van der Waals surface area contributed by atoms with Crippen molar-refractivity contribution in [2.45, 2.75) is 39.5 Å². The van der Waals surface area contributed by atoms with E-state index in [0.717, 1.165) is 5.56 Å². The van der Waals surface area contributed by atoms with E-state index in [9.17, 15) is 14.7 Å². The number of nitriles is 1. The smallest absolute Gasteiger partial charge is 0.342 e. The Hall–Kier alpha value is -3.33. The van der Waals surface area contributed by atoms with Crippen LogP contribution < -0.4 is 5.32 Å². The van der Waals surface area contributed by atoms with Gasteiger partial charge in [-0.05, 0) is 41.2 Å².